The summed E-state index contributed by atoms with van der Waals surface area (Å²) < 4.78 is 10.8. The highest BCUT2D eigenvalue weighted by atomic mass is 35.5. The molecule has 0 saturated carbocycles. The Morgan fingerprint density at radius 1 is 1.03 bits per heavy atom. The monoisotopic (exact) mass is 474 g/mol. The quantitative estimate of drug-likeness (QED) is 0.283. The van der Waals surface area contributed by atoms with Gasteiger partial charge in [0.1, 0.15) is 22.8 Å². The number of amides is 1. The Hall–Kier alpha value is -3.57. The molecule has 1 amide bonds. The number of hydrogen-bond donors (Lipinski definition) is 0. The first-order chi connectivity index (χ1) is 16.5. The third kappa shape index (κ3) is 4.85. The van der Waals surface area contributed by atoms with E-state index in [4.69, 9.17) is 20.9 Å². The van der Waals surface area contributed by atoms with Crippen LogP contribution in [0, 0.1) is 6.92 Å². The molecule has 0 saturated heterocycles. The minimum atomic E-state index is -0.195. The van der Waals surface area contributed by atoms with Crippen LogP contribution in [0.15, 0.2) is 83.4 Å². The van der Waals surface area contributed by atoms with Crippen LogP contribution in [0.3, 0.4) is 0 Å². The van der Waals surface area contributed by atoms with Gasteiger partial charge in [0.25, 0.3) is 5.91 Å². The predicted octanol–water partition coefficient (Wildman–Crippen LogP) is 6.76. The van der Waals surface area contributed by atoms with Gasteiger partial charge in [-0.2, -0.15) is 0 Å². The first-order valence-corrected chi connectivity index (χ1v) is 11.6. The number of ether oxygens (including phenoxy) is 1. The van der Waals surface area contributed by atoms with E-state index in [1.54, 1.807) is 20.1 Å². The molecule has 3 aromatic carbocycles. The molecule has 5 nitrogen and oxygen atoms in total. The van der Waals surface area contributed by atoms with Crippen molar-refractivity contribution < 1.29 is 14.1 Å². The predicted molar refractivity (Wildman–Crippen MR) is 134 cm³/mol. The van der Waals surface area contributed by atoms with Gasteiger partial charge in [-0.1, -0.05) is 77.4 Å². The summed E-state index contributed by atoms with van der Waals surface area (Å²) in [7, 11) is 1.64. The van der Waals surface area contributed by atoms with Gasteiger partial charge in [0.05, 0.1) is 18.2 Å². The van der Waals surface area contributed by atoms with Gasteiger partial charge in [-0.3, -0.25) is 4.79 Å². The van der Waals surface area contributed by atoms with Crippen molar-refractivity contribution in [3.8, 4) is 17.0 Å². The van der Waals surface area contributed by atoms with Crippen molar-refractivity contribution >= 4 is 17.5 Å². The van der Waals surface area contributed by atoms with Crippen molar-refractivity contribution in [3.63, 3.8) is 0 Å². The van der Waals surface area contributed by atoms with E-state index < -0.39 is 0 Å². The third-order valence-corrected chi connectivity index (χ3v) is 6.29. The summed E-state index contributed by atoms with van der Waals surface area (Å²) in [6.07, 6.45) is 0.665. The number of carbonyl (C=O) groups excluding carboxylic acids is 1. The Labute approximate surface area is 204 Å². The highest BCUT2D eigenvalue weighted by Gasteiger charge is 2.31. The largest absolute Gasteiger partial charge is 0.497 e. The Morgan fingerprint density at radius 3 is 2.35 bits per heavy atom. The Kier molecular flexibility index (Phi) is 7.33. The van der Waals surface area contributed by atoms with Gasteiger partial charge >= 0.3 is 0 Å². The lowest BCUT2D eigenvalue weighted by Crippen LogP contribution is -2.36. The molecule has 4 rings (SSSR count). The van der Waals surface area contributed by atoms with Crippen LogP contribution in [-0.4, -0.2) is 29.6 Å². The Morgan fingerprint density at radius 2 is 1.71 bits per heavy atom. The van der Waals surface area contributed by atoms with E-state index in [0.717, 1.165) is 16.9 Å². The van der Waals surface area contributed by atoms with Gasteiger partial charge < -0.3 is 14.2 Å². The molecule has 4 aromatic rings. The zero-order valence-corrected chi connectivity index (χ0v) is 20.3. The number of halogens is 1. The number of hydrogen-bond acceptors (Lipinski definition) is 4. The van der Waals surface area contributed by atoms with Crippen molar-refractivity contribution in [1.82, 2.24) is 10.1 Å². The van der Waals surface area contributed by atoms with Crippen LogP contribution >= 0.6 is 11.6 Å². The van der Waals surface area contributed by atoms with Gasteiger partial charge in [0.15, 0.2) is 0 Å². The lowest BCUT2D eigenvalue weighted by molar-refractivity contribution is 0.0685. The summed E-state index contributed by atoms with van der Waals surface area (Å²) >= 11 is 6.43. The van der Waals surface area contributed by atoms with Crippen LogP contribution in [0.5, 0.6) is 5.75 Å². The molecular formula is C28H27ClN2O3. The minimum absolute atomic E-state index is 0.145. The molecule has 0 N–H and O–H groups in total. The molecule has 0 fully saturated rings. The number of aromatic nitrogens is 1. The van der Waals surface area contributed by atoms with Crippen LogP contribution in [0.1, 0.15) is 40.2 Å². The molecule has 0 spiro atoms. The maximum absolute atomic E-state index is 14.0. The lowest BCUT2D eigenvalue weighted by atomic mass is 9.95. The molecular weight excluding hydrogens is 448 g/mol. The van der Waals surface area contributed by atoms with Crippen LogP contribution in [-0.2, 0) is 6.42 Å². The first kappa shape index (κ1) is 23.6. The molecule has 0 aliphatic carbocycles. The lowest BCUT2D eigenvalue weighted by Gasteiger charge is -2.32. The van der Waals surface area contributed by atoms with E-state index in [1.807, 2.05) is 72.5 Å². The zero-order valence-electron chi connectivity index (χ0n) is 19.5. The van der Waals surface area contributed by atoms with E-state index in [-0.39, 0.29) is 11.9 Å². The summed E-state index contributed by atoms with van der Waals surface area (Å²) in [5, 5.41) is 4.72. The second-order valence-corrected chi connectivity index (χ2v) is 8.42. The number of likely N-dealkylation sites (N-methyl/N-ethyl adjacent to an activating group) is 1. The highest BCUT2D eigenvalue weighted by Crippen LogP contribution is 2.34. The first-order valence-electron chi connectivity index (χ1n) is 11.2. The van der Waals surface area contributed by atoms with E-state index in [0.29, 0.717) is 40.6 Å². The van der Waals surface area contributed by atoms with Gasteiger partial charge in [-0.15, -0.1) is 0 Å². The minimum Gasteiger partial charge on any atom is -0.497 e. The van der Waals surface area contributed by atoms with E-state index >= 15 is 0 Å². The van der Waals surface area contributed by atoms with Crippen molar-refractivity contribution in [2.24, 2.45) is 0 Å². The topological polar surface area (TPSA) is 55.6 Å². The zero-order chi connectivity index (χ0) is 24.1. The summed E-state index contributed by atoms with van der Waals surface area (Å²) in [5.41, 5.74) is 3.72. The summed E-state index contributed by atoms with van der Waals surface area (Å²) in [6, 6.07) is 25.2. The smallest absolute Gasteiger partial charge is 0.260 e. The van der Waals surface area contributed by atoms with Gasteiger partial charge in [0, 0.05) is 12.1 Å². The van der Waals surface area contributed by atoms with E-state index in [1.165, 1.54) is 0 Å². The van der Waals surface area contributed by atoms with Gasteiger partial charge in [-0.05, 0) is 49.6 Å². The molecule has 1 unspecified atom stereocenters. The molecule has 6 heteroatoms. The fourth-order valence-electron chi connectivity index (χ4n) is 4.18. The standard InChI is InChI=1S/C28H27ClN2O3/c1-4-31(28(32)26-19(2)34-30-27(26)23-12-8-9-13-24(23)29)25(18-20-10-6-5-7-11-20)21-14-16-22(33-3)17-15-21/h5-17,25H,4,18H2,1-3H3. The van der Waals surface area contributed by atoms with Crippen molar-refractivity contribution in [1.29, 1.82) is 0 Å². The maximum atomic E-state index is 14.0. The number of nitrogens with zero attached hydrogens (tertiary/aromatic N) is 2. The average molecular weight is 475 g/mol. The van der Waals surface area contributed by atoms with E-state index in [9.17, 15) is 4.79 Å². The van der Waals surface area contributed by atoms with Crippen LogP contribution in [0.25, 0.3) is 11.3 Å². The van der Waals surface area contributed by atoms with Gasteiger partial charge in [0.2, 0.25) is 0 Å². The molecule has 174 valence electrons. The summed E-state index contributed by atoms with van der Waals surface area (Å²) in [4.78, 5) is 15.9. The SMILES string of the molecule is CCN(C(=O)c1c(-c2ccccc2Cl)noc1C)C(Cc1ccccc1)c1ccc(OC)cc1. The molecule has 0 aliphatic rings. The van der Waals surface area contributed by atoms with Gasteiger partial charge in [-0.25, -0.2) is 0 Å². The number of rotatable bonds is 8. The number of aryl methyl sites for hydroxylation is 1. The van der Waals surface area contributed by atoms with Crippen molar-refractivity contribution in [2.75, 3.05) is 13.7 Å². The molecule has 34 heavy (non-hydrogen) atoms. The number of carbonyl (C=O) groups is 1. The maximum Gasteiger partial charge on any atom is 0.260 e. The molecule has 1 heterocycles. The molecule has 1 atom stereocenters. The Balaban J connectivity index is 1.77. The highest BCUT2D eigenvalue weighted by molar-refractivity contribution is 6.33. The molecule has 0 aliphatic heterocycles. The molecule has 0 radical (unpaired) electrons. The second-order valence-electron chi connectivity index (χ2n) is 8.01. The fourth-order valence-corrected chi connectivity index (χ4v) is 4.41. The average Bonchev–Trinajstić information content (AvgIpc) is 3.25. The summed E-state index contributed by atoms with van der Waals surface area (Å²) in [5.74, 6) is 1.09. The Bertz CT molecular complexity index is 1250. The second kappa shape index (κ2) is 10.6. The van der Waals surface area contributed by atoms with Crippen molar-refractivity contribution in [2.45, 2.75) is 26.3 Å². The number of methoxy groups -OCH3 is 1. The van der Waals surface area contributed by atoms with Crippen molar-refractivity contribution in [3.05, 3.63) is 106 Å². The normalized spacial score (nSPS) is 11.8. The van der Waals surface area contributed by atoms with E-state index in [2.05, 4.69) is 17.3 Å². The summed E-state index contributed by atoms with van der Waals surface area (Å²) in [6.45, 7) is 4.25. The third-order valence-electron chi connectivity index (χ3n) is 5.96. The van der Waals surface area contributed by atoms with Crippen LogP contribution in [0.4, 0.5) is 0 Å². The number of benzene rings is 3. The molecule has 0 bridgehead atoms. The van der Waals surface area contributed by atoms with Crippen LogP contribution in [0.2, 0.25) is 5.02 Å². The molecule has 1 aromatic heterocycles. The fraction of sp³-hybridized carbons (Fsp3) is 0.214. The van der Waals surface area contributed by atoms with Crippen LogP contribution < -0.4 is 4.74 Å².